The molecule has 9 nitrogen and oxygen atoms in total. The Kier molecular flexibility index (Phi) is 8.83. The molecule has 3 rings (SSSR count). The lowest BCUT2D eigenvalue weighted by Gasteiger charge is -2.26. The zero-order valence-electron chi connectivity index (χ0n) is 22.4. The number of rotatable bonds is 6. The summed E-state index contributed by atoms with van der Waals surface area (Å²) in [5, 5.41) is 0.489. The minimum absolute atomic E-state index is 0.0419. The molecule has 0 aromatic heterocycles. The van der Waals surface area contributed by atoms with Gasteiger partial charge in [0.05, 0.1) is 17.3 Å². The highest BCUT2D eigenvalue weighted by Gasteiger charge is 2.28. The number of halogens is 1. The molecule has 0 radical (unpaired) electrons. The van der Waals surface area contributed by atoms with Crippen molar-refractivity contribution in [2.45, 2.75) is 46.1 Å². The summed E-state index contributed by atoms with van der Waals surface area (Å²) in [7, 11) is 1.55. The number of ether oxygens (including phenoxy) is 1. The molecule has 3 amide bonds. The second kappa shape index (κ2) is 11.7. The number of amidine groups is 1. The molecular formula is C28H34ClN5O4. The number of benzene rings is 2. The molecule has 0 saturated heterocycles. The van der Waals surface area contributed by atoms with Gasteiger partial charge in [-0.3, -0.25) is 14.5 Å². The minimum Gasteiger partial charge on any atom is -0.443 e. The first kappa shape index (κ1) is 28.7. The van der Waals surface area contributed by atoms with Crippen LogP contribution < -0.4 is 11.5 Å². The molecule has 0 aliphatic carbocycles. The Bertz CT molecular complexity index is 1310. The van der Waals surface area contributed by atoms with Gasteiger partial charge in [0.2, 0.25) is 5.91 Å². The third-order valence-electron chi connectivity index (χ3n) is 5.72. The molecule has 2 aromatic carbocycles. The van der Waals surface area contributed by atoms with Crippen LogP contribution in [0.5, 0.6) is 0 Å². The van der Waals surface area contributed by atoms with Gasteiger partial charge in [0.25, 0.3) is 5.91 Å². The largest absolute Gasteiger partial charge is 0.443 e. The molecule has 202 valence electrons. The minimum atomic E-state index is -0.713. The number of fused-ring (bicyclic) bond motifs is 1. The molecule has 10 heteroatoms. The van der Waals surface area contributed by atoms with Gasteiger partial charge in [-0.1, -0.05) is 30.7 Å². The van der Waals surface area contributed by atoms with E-state index in [9.17, 15) is 14.4 Å². The fourth-order valence-corrected chi connectivity index (χ4v) is 4.27. The molecule has 38 heavy (non-hydrogen) atoms. The quantitative estimate of drug-likeness (QED) is 0.499. The molecule has 0 bridgehead atoms. The van der Waals surface area contributed by atoms with Gasteiger partial charge in [0.15, 0.2) is 0 Å². The Morgan fingerprint density at radius 2 is 1.84 bits per heavy atom. The van der Waals surface area contributed by atoms with E-state index < -0.39 is 17.6 Å². The molecular weight excluding hydrogens is 506 g/mol. The lowest BCUT2D eigenvalue weighted by Crippen LogP contribution is -2.41. The summed E-state index contributed by atoms with van der Waals surface area (Å²) in [4.78, 5) is 45.6. The van der Waals surface area contributed by atoms with Crippen LogP contribution in [0.1, 0.15) is 46.1 Å². The Balaban J connectivity index is 2.12. The fourth-order valence-electron chi connectivity index (χ4n) is 3.97. The molecule has 0 spiro atoms. The number of amides is 3. The van der Waals surface area contributed by atoms with E-state index in [0.29, 0.717) is 46.3 Å². The van der Waals surface area contributed by atoms with Gasteiger partial charge in [-0.15, -0.1) is 0 Å². The maximum absolute atomic E-state index is 13.6. The van der Waals surface area contributed by atoms with Gasteiger partial charge in [-0.2, -0.15) is 0 Å². The predicted octanol–water partition coefficient (Wildman–Crippen LogP) is 5.00. The Morgan fingerprint density at radius 1 is 1.13 bits per heavy atom. The summed E-state index contributed by atoms with van der Waals surface area (Å²) in [6.07, 6.45) is 1.82. The lowest BCUT2D eigenvalue weighted by atomic mass is 9.99. The number of carbonyl (C=O) groups is 3. The summed E-state index contributed by atoms with van der Waals surface area (Å²) in [6.45, 7) is 7.36. The maximum atomic E-state index is 13.6. The van der Waals surface area contributed by atoms with Gasteiger partial charge in [-0.25, -0.2) is 9.79 Å². The molecule has 1 aliphatic heterocycles. The third-order valence-corrected chi connectivity index (χ3v) is 6.03. The van der Waals surface area contributed by atoms with Crippen molar-refractivity contribution in [2.75, 3.05) is 25.9 Å². The smallest absolute Gasteiger partial charge is 0.415 e. The number of anilines is 1. The van der Waals surface area contributed by atoms with Crippen LogP contribution in [-0.4, -0.2) is 59.3 Å². The van der Waals surface area contributed by atoms with Gasteiger partial charge in [0, 0.05) is 42.4 Å². The van der Waals surface area contributed by atoms with Crippen molar-refractivity contribution >= 4 is 52.8 Å². The van der Waals surface area contributed by atoms with Crippen molar-refractivity contribution in [1.82, 2.24) is 9.80 Å². The van der Waals surface area contributed by atoms with E-state index in [1.165, 1.54) is 9.80 Å². The average Bonchev–Trinajstić information content (AvgIpc) is 3.00. The highest BCUT2D eigenvalue weighted by Crippen LogP contribution is 2.35. The van der Waals surface area contributed by atoms with Crippen LogP contribution in [0.2, 0.25) is 5.02 Å². The molecule has 4 N–H and O–H groups in total. The van der Waals surface area contributed by atoms with E-state index in [1.807, 2.05) is 25.1 Å². The van der Waals surface area contributed by atoms with Gasteiger partial charge < -0.3 is 21.1 Å². The Morgan fingerprint density at radius 3 is 2.45 bits per heavy atom. The van der Waals surface area contributed by atoms with Crippen molar-refractivity contribution in [3.8, 4) is 11.1 Å². The number of primary amides is 1. The van der Waals surface area contributed by atoms with Gasteiger partial charge in [-0.05, 0) is 63.1 Å². The number of carbonyl (C=O) groups excluding carboxylic acids is 3. The topological polar surface area (TPSA) is 131 Å². The number of nitrogens with two attached hydrogens (primary N) is 2. The maximum Gasteiger partial charge on any atom is 0.415 e. The summed E-state index contributed by atoms with van der Waals surface area (Å²) in [5.74, 6) is -0.646. The van der Waals surface area contributed by atoms with Crippen LogP contribution in [0.15, 0.2) is 47.0 Å². The Hall–Kier alpha value is -3.85. The van der Waals surface area contributed by atoms with Crippen molar-refractivity contribution in [1.29, 1.82) is 0 Å². The molecule has 0 fully saturated rings. The number of hydrogen-bond acceptors (Lipinski definition) is 6. The second-order valence-electron chi connectivity index (χ2n) is 10.1. The van der Waals surface area contributed by atoms with E-state index >= 15 is 0 Å². The predicted molar refractivity (Wildman–Crippen MR) is 151 cm³/mol. The lowest BCUT2D eigenvalue weighted by molar-refractivity contribution is -0.132. The summed E-state index contributed by atoms with van der Waals surface area (Å²) in [5.41, 5.74) is 14.2. The zero-order valence-corrected chi connectivity index (χ0v) is 23.1. The first-order valence-electron chi connectivity index (χ1n) is 12.3. The zero-order chi connectivity index (χ0) is 28.2. The molecule has 1 aliphatic rings. The second-order valence-corrected chi connectivity index (χ2v) is 10.5. The van der Waals surface area contributed by atoms with Crippen LogP contribution >= 0.6 is 11.6 Å². The normalized spacial score (nSPS) is 13.0. The fraction of sp³-hybridized carbons (Fsp3) is 0.357. The third kappa shape index (κ3) is 7.13. The van der Waals surface area contributed by atoms with Crippen LogP contribution in [0.4, 0.5) is 16.2 Å². The van der Waals surface area contributed by atoms with Gasteiger partial charge >= 0.3 is 6.09 Å². The van der Waals surface area contributed by atoms with Gasteiger partial charge in [0.1, 0.15) is 11.4 Å². The first-order chi connectivity index (χ1) is 17.8. The van der Waals surface area contributed by atoms with E-state index in [-0.39, 0.29) is 18.9 Å². The summed E-state index contributed by atoms with van der Waals surface area (Å²) >= 11 is 6.45. The number of nitrogen functional groups attached to an aromatic ring is 1. The van der Waals surface area contributed by atoms with E-state index in [1.54, 1.807) is 52.1 Å². The van der Waals surface area contributed by atoms with Crippen LogP contribution in [0, 0.1) is 0 Å². The molecule has 1 heterocycles. The van der Waals surface area contributed by atoms with E-state index in [4.69, 9.17) is 32.8 Å². The van der Waals surface area contributed by atoms with Crippen LogP contribution in [0.25, 0.3) is 17.2 Å². The Labute approximate surface area is 228 Å². The van der Waals surface area contributed by atoms with Crippen molar-refractivity contribution in [2.24, 2.45) is 10.7 Å². The van der Waals surface area contributed by atoms with Crippen molar-refractivity contribution in [3.05, 3.63) is 52.6 Å². The number of nitrogens with zero attached hydrogens (tertiary/aromatic N) is 3. The van der Waals surface area contributed by atoms with E-state index in [0.717, 1.165) is 11.1 Å². The molecule has 0 unspecified atom stereocenters. The SMILES string of the molecule is CCCN(CC(N)=O)C(=O)C1=Cc2cc(-c3ccc(N)cc3Cl)ccc2N=C(N(C)C(=O)OC(C)(C)C)C1. The molecule has 2 aromatic rings. The standard InChI is InChI=1S/C28H34ClN5O4/c1-6-11-34(16-24(31)35)26(36)19-13-18-12-17(21-9-8-20(30)15-22(21)29)7-10-23(18)32-25(14-19)33(5)27(37)38-28(2,3)4/h7-10,12-13,15H,6,11,14,16,30H2,1-5H3,(H2,31,35). The number of aliphatic imine (C=N–C) groups is 1. The van der Waals surface area contributed by atoms with Crippen molar-refractivity contribution < 1.29 is 19.1 Å². The highest BCUT2D eigenvalue weighted by molar-refractivity contribution is 6.33. The first-order valence-corrected chi connectivity index (χ1v) is 12.7. The number of hydrogen-bond donors (Lipinski definition) is 2. The molecule has 0 atom stereocenters. The van der Waals surface area contributed by atoms with Crippen LogP contribution in [-0.2, 0) is 14.3 Å². The average molecular weight is 540 g/mol. The van der Waals surface area contributed by atoms with Crippen molar-refractivity contribution in [3.63, 3.8) is 0 Å². The molecule has 0 saturated carbocycles. The highest BCUT2D eigenvalue weighted by atomic mass is 35.5. The summed E-state index contributed by atoms with van der Waals surface area (Å²) in [6, 6.07) is 10.8. The monoisotopic (exact) mass is 539 g/mol. The summed E-state index contributed by atoms with van der Waals surface area (Å²) < 4.78 is 5.52. The van der Waals surface area contributed by atoms with Crippen LogP contribution in [0.3, 0.4) is 0 Å². The van der Waals surface area contributed by atoms with E-state index in [2.05, 4.69) is 0 Å².